The van der Waals surface area contributed by atoms with Crippen LogP contribution in [0, 0.1) is 0 Å². The number of fused-ring (bicyclic) bond motifs is 1. The van der Waals surface area contributed by atoms with E-state index in [2.05, 4.69) is 10.2 Å². The van der Waals surface area contributed by atoms with Crippen LogP contribution in [0.4, 0.5) is 0 Å². The van der Waals surface area contributed by atoms with Crippen molar-refractivity contribution in [3.8, 4) is 0 Å². The van der Waals surface area contributed by atoms with Gasteiger partial charge in [-0.25, -0.2) is 0 Å². The van der Waals surface area contributed by atoms with Crippen molar-refractivity contribution in [2.75, 3.05) is 0 Å². The summed E-state index contributed by atoms with van der Waals surface area (Å²) >= 11 is 12.0. The van der Waals surface area contributed by atoms with Crippen molar-refractivity contribution in [1.29, 1.82) is 0 Å². The highest BCUT2D eigenvalue weighted by Crippen LogP contribution is 2.31. The smallest absolute Gasteiger partial charge is 0.265 e. The van der Waals surface area contributed by atoms with Gasteiger partial charge in [-0.05, 0) is 35.4 Å². The zero-order valence-corrected chi connectivity index (χ0v) is 11.9. The molecular weight excluding hydrogens is 295 g/mol. The maximum absolute atomic E-state index is 11.7. The molecule has 5 heteroatoms. The average molecular weight is 305 g/mol. The van der Waals surface area contributed by atoms with Gasteiger partial charge in [0, 0.05) is 22.0 Å². The Kier molecular flexibility index (Phi) is 3.55. The van der Waals surface area contributed by atoms with Gasteiger partial charge in [-0.1, -0.05) is 41.4 Å². The van der Waals surface area contributed by atoms with E-state index in [9.17, 15) is 4.79 Å². The van der Waals surface area contributed by atoms with Crippen molar-refractivity contribution in [2.45, 2.75) is 12.5 Å². The average Bonchev–Trinajstić information content (AvgIpc) is 2.41. The van der Waals surface area contributed by atoms with Crippen molar-refractivity contribution in [1.82, 2.24) is 0 Å². The fraction of sp³-hybridized carbons (Fsp3) is 0.133. The Morgan fingerprint density at radius 1 is 1.05 bits per heavy atom. The molecule has 1 amide bonds. The molecule has 3 nitrogen and oxygen atoms in total. The monoisotopic (exact) mass is 304 g/mol. The zero-order chi connectivity index (χ0) is 14.1. The van der Waals surface area contributed by atoms with Crippen molar-refractivity contribution in [2.24, 2.45) is 10.2 Å². The van der Waals surface area contributed by atoms with Crippen LogP contribution in [0.25, 0.3) is 0 Å². The van der Waals surface area contributed by atoms with E-state index in [1.165, 1.54) is 0 Å². The molecule has 1 heterocycles. The first-order valence-electron chi connectivity index (χ1n) is 6.12. The molecule has 0 fully saturated rings. The Morgan fingerprint density at radius 2 is 1.75 bits per heavy atom. The van der Waals surface area contributed by atoms with E-state index in [4.69, 9.17) is 23.2 Å². The molecule has 0 N–H and O–H groups in total. The molecule has 0 spiro atoms. The van der Waals surface area contributed by atoms with Gasteiger partial charge in [-0.15, -0.1) is 5.11 Å². The Labute approximate surface area is 126 Å². The van der Waals surface area contributed by atoms with Gasteiger partial charge in [0.05, 0.1) is 0 Å². The first kappa shape index (κ1) is 13.3. The summed E-state index contributed by atoms with van der Waals surface area (Å²) in [7, 11) is 0. The van der Waals surface area contributed by atoms with E-state index in [0.717, 1.165) is 11.1 Å². The zero-order valence-electron chi connectivity index (χ0n) is 10.4. The van der Waals surface area contributed by atoms with Gasteiger partial charge in [0.25, 0.3) is 5.91 Å². The van der Waals surface area contributed by atoms with E-state index in [-0.39, 0.29) is 11.9 Å². The van der Waals surface area contributed by atoms with Gasteiger partial charge in [-0.2, -0.15) is 5.11 Å². The van der Waals surface area contributed by atoms with Crippen LogP contribution in [0.1, 0.15) is 27.5 Å². The first-order chi connectivity index (χ1) is 9.63. The molecule has 1 aliphatic rings. The number of amides is 1. The molecule has 100 valence electrons. The highest BCUT2D eigenvalue weighted by molar-refractivity contribution is 6.34. The number of hydrogen-bond acceptors (Lipinski definition) is 2. The van der Waals surface area contributed by atoms with E-state index in [1.54, 1.807) is 12.1 Å². The lowest BCUT2D eigenvalue weighted by atomic mass is 9.94. The molecule has 1 unspecified atom stereocenters. The molecule has 1 aliphatic heterocycles. The van der Waals surface area contributed by atoms with Crippen molar-refractivity contribution >= 4 is 29.1 Å². The van der Waals surface area contributed by atoms with Crippen LogP contribution in [-0.2, 0) is 6.42 Å². The third kappa shape index (κ3) is 2.60. The predicted molar refractivity (Wildman–Crippen MR) is 78.5 cm³/mol. The van der Waals surface area contributed by atoms with Gasteiger partial charge in [0.15, 0.2) is 0 Å². The lowest BCUT2D eigenvalue weighted by Crippen LogP contribution is -2.11. The number of nitrogens with zero attached hydrogens (tertiary/aromatic N) is 2. The highest BCUT2D eigenvalue weighted by Gasteiger charge is 2.23. The van der Waals surface area contributed by atoms with Gasteiger partial charge < -0.3 is 0 Å². The molecule has 3 rings (SSSR count). The quantitative estimate of drug-likeness (QED) is 0.779. The summed E-state index contributed by atoms with van der Waals surface area (Å²) in [4.78, 5) is 11.7. The summed E-state index contributed by atoms with van der Waals surface area (Å²) in [5, 5.41) is 8.98. The maximum atomic E-state index is 11.7. The van der Waals surface area contributed by atoms with E-state index in [0.29, 0.717) is 22.0 Å². The summed E-state index contributed by atoms with van der Waals surface area (Å²) < 4.78 is 0. The normalized spacial score (nSPS) is 17.1. The molecule has 0 radical (unpaired) electrons. The Morgan fingerprint density at radius 3 is 2.50 bits per heavy atom. The number of carbonyl (C=O) groups is 1. The number of rotatable bonds is 2. The molecule has 0 aliphatic carbocycles. The molecule has 1 atom stereocenters. The second-order valence-electron chi connectivity index (χ2n) is 4.61. The summed E-state index contributed by atoms with van der Waals surface area (Å²) in [6.45, 7) is 0. The molecule has 0 saturated carbocycles. The van der Waals surface area contributed by atoms with Crippen LogP contribution in [0.3, 0.4) is 0 Å². The molecule has 0 saturated heterocycles. The van der Waals surface area contributed by atoms with Gasteiger partial charge in [-0.3, -0.25) is 4.79 Å². The molecule has 2 aromatic carbocycles. The molecule has 20 heavy (non-hydrogen) atoms. The largest absolute Gasteiger partial charge is 0.295 e. The van der Waals surface area contributed by atoms with E-state index < -0.39 is 0 Å². The third-order valence-corrected chi connectivity index (χ3v) is 3.63. The van der Waals surface area contributed by atoms with Gasteiger partial charge >= 0.3 is 0 Å². The van der Waals surface area contributed by atoms with Crippen LogP contribution < -0.4 is 0 Å². The van der Waals surface area contributed by atoms with E-state index >= 15 is 0 Å². The number of benzene rings is 2. The van der Waals surface area contributed by atoms with Crippen LogP contribution in [-0.4, -0.2) is 5.91 Å². The third-order valence-electron chi connectivity index (χ3n) is 3.19. The maximum Gasteiger partial charge on any atom is 0.295 e. The number of carbonyl (C=O) groups excluding carboxylic acids is 1. The summed E-state index contributed by atoms with van der Waals surface area (Å²) in [5.41, 5.74) is 2.47. The van der Waals surface area contributed by atoms with Crippen LogP contribution in [0.15, 0.2) is 52.7 Å². The van der Waals surface area contributed by atoms with Crippen molar-refractivity contribution in [3.63, 3.8) is 0 Å². The summed E-state index contributed by atoms with van der Waals surface area (Å²) in [6, 6.07) is 12.6. The predicted octanol–water partition coefficient (Wildman–Crippen LogP) is 4.88. The minimum absolute atomic E-state index is 0.182. The van der Waals surface area contributed by atoms with Crippen LogP contribution in [0.2, 0.25) is 10.0 Å². The van der Waals surface area contributed by atoms with Gasteiger partial charge in [0.1, 0.15) is 6.04 Å². The van der Waals surface area contributed by atoms with Crippen LogP contribution >= 0.6 is 23.2 Å². The lowest BCUT2D eigenvalue weighted by molar-refractivity contribution is 0.0984. The van der Waals surface area contributed by atoms with Crippen molar-refractivity contribution in [3.05, 3.63) is 69.2 Å². The number of halogens is 2. The molecule has 0 aromatic heterocycles. The molecule has 2 aromatic rings. The SMILES string of the molecule is O=C1N=NC(Cc2cc(Cl)cc(Cl)c2)c2ccccc21. The Bertz CT molecular complexity index is 693. The van der Waals surface area contributed by atoms with E-state index in [1.807, 2.05) is 30.3 Å². The lowest BCUT2D eigenvalue weighted by Gasteiger charge is -2.18. The van der Waals surface area contributed by atoms with Crippen molar-refractivity contribution < 1.29 is 4.79 Å². The van der Waals surface area contributed by atoms with Gasteiger partial charge in [0.2, 0.25) is 0 Å². The minimum Gasteiger partial charge on any atom is -0.265 e. The highest BCUT2D eigenvalue weighted by atomic mass is 35.5. The minimum atomic E-state index is -0.291. The van der Waals surface area contributed by atoms with Crippen LogP contribution in [0.5, 0.6) is 0 Å². The molecule has 0 bridgehead atoms. The Hall–Kier alpha value is -1.71. The topological polar surface area (TPSA) is 41.8 Å². The number of hydrogen-bond donors (Lipinski definition) is 0. The number of azo groups is 1. The standard InChI is InChI=1S/C15H10Cl2N2O/c16-10-5-9(6-11(17)8-10)7-14-12-3-1-2-4-13(12)15(20)19-18-14/h1-6,8,14H,7H2. The molecular formula is C15H10Cl2N2O. The fourth-order valence-electron chi connectivity index (χ4n) is 2.32. The fourth-order valence-corrected chi connectivity index (χ4v) is 2.89. The second kappa shape index (κ2) is 5.35. The second-order valence-corrected chi connectivity index (χ2v) is 5.48. The Balaban J connectivity index is 1.95. The summed E-state index contributed by atoms with van der Waals surface area (Å²) in [6.07, 6.45) is 0.605. The first-order valence-corrected chi connectivity index (χ1v) is 6.88. The summed E-state index contributed by atoms with van der Waals surface area (Å²) in [5.74, 6) is -0.291.